The minimum atomic E-state index is -4.72. The van der Waals surface area contributed by atoms with Crippen LogP contribution in [0.25, 0.3) is 0 Å². The zero-order valence-corrected chi connectivity index (χ0v) is 9.49. The molecule has 0 spiro atoms. The van der Waals surface area contributed by atoms with Gasteiger partial charge in [0.05, 0.1) is 6.26 Å². The smallest absolute Gasteiger partial charge is 0.434 e. The van der Waals surface area contributed by atoms with E-state index in [1.54, 1.807) is 0 Å². The van der Waals surface area contributed by atoms with Crippen LogP contribution in [0.5, 0.6) is 0 Å². The number of aromatic nitrogens is 1. The van der Waals surface area contributed by atoms with Crippen LogP contribution < -0.4 is 0 Å². The first-order valence-corrected chi connectivity index (χ1v) is 5.41. The number of nitrogens with zero attached hydrogens (tertiary/aromatic N) is 1. The third-order valence-electron chi connectivity index (χ3n) is 1.82. The summed E-state index contributed by atoms with van der Waals surface area (Å²) in [5, 5.41) is 0. The monoisotopic (exact) mass is 281 g/mol. The summed E-state index contributed by atoms with van der Waals surface area (Å²) in [6.45, 7) is 0. The van der Waals surface area contributed by atoms with Gasteiger partial charge < -0.3 is 4.42 Å². The van der Waals surface area contributed by atoms with Crippen LogP contribution in [-0.4, -0.2) is 10.8 Å². The van der Waals surface area contributed by atoms with Crippen LogP contribution in [0.1, 0.15) is 21.1 Å². The lowest BCUT2D eigenvalue weighted by molar-refractivity contribution is -0.141. The molecule has 2 rings (SSSR count). The van der Waals surface area contributed by atoms with Crippen molar-refractivity contribution in [1.29, 1.82) is 0 Å². The number of ketones is 1. The molecule has 2 aromatic heterocycles. The number of halogens is 4. The van der Waals surface area contributed by atoms with Crippen LogP contribution >= 0.6 is 22.9 Å². The fourth-order valence-electron chi connectivity index (χ4n) is 1.16. The highest BCUT2D eigenvalue weighted by Gasteiger charge is 2.40. The predicted molar refractivity (Wildman–Crippen MR) is 54.3 cm³/mol. The van der Waals surface area contributed by atoms with Gasteiger partial charge in [0.15, 0.2) is 15.9 Å². The summed E-state index contributed by atoms with van der Waals surface area (Å²) in [5.41, 5.74) is -1.28. The molecular formula is C9H3ClF3NO2S. The van der Waals surface area contributed by atoms with Crippen molar-refractivity contribution >= 4 is 28.7 Å². The van der Waals surface area contributed by atoms with Gasteiger partial charge in [-0.05, 0) is 12.1 Å². The lowest BCUT2D eigenvalue weighted by Gasteiger charge is -2.03. The Morgan fingerprint density at radius 1 is 1.47 bits per heavy atom. The average Bonchev–Trinajstić information content (AvgIpc) is 2.83. The molecule has 0 aliphatic heterocycles. The molecule has 0 fully saturated rings. The van der Waals surface area contributed by atoms with E-state index in [0.29, 0.717) is 11.3 Å². The molecule has 0 bridgehead atoms. The van der Waals surface area contributed by atoms with Gasteiger partial charge in [-0.3, -0.25) is 4.79 Å². The van der Waals surface area contributed by atoms with Crippen molar-refractivity contribution in [2.45, 2.75) is 6.18 Å². The molecule has 17 heavy (non-hydrogen) atoms. The van der Waals surface area contributed by atoms with E-state index in [9.17, 15) is 18.0 Å². The second-order valence-corrected chi connectivity index (χ2v) is 4.53. The maximum atomic E-state index is 12.6. The van der Waals surface area contributed by atoms with E-state index in [1.807, 2.05) is 0 Å². The summed E-state index contributed by atoms with van der Waals surface area (Å²) in [7, 11) is 0. The van der Waals surface area contributed by atoms with Crippen molar-refractivity contribution in [3.63, 3.8) is 0 Å². The molecule has 0 saturated carbocycles. The van der Waals surface area contributed by atoms with Gasteiger partial charge in [0.25, 0.3) is 0 Å². The van der Waals surface area contributed by atoms with Crippen LogP contribution in [0.15, 0.2) is 22.8 Å². The topological polar surface area (TPSA) is 43.1 Å². The SMILES string of the molecule is O=C(c1ccco1)c1sc(Cl)nc1C(F)(F)F. The van der Waals surface area contributed by atoms with Crippen molar-refractivity contribution in [1.82, 2.24) is 4.98 Å². The van der Waals surface area contributed by atoms with Gasteiger partial charge in [-0.1, -0.05) is 22.9 Å². The highest BCUT2D eigenvalue weighted by atomic mass is 35.5. The maximum Gasteiger partial charge on any atom is 0.434 e. The summed E-state index contributed by atoms with van der Waals surface area (Å²) in [5.74, 6) is -1.07. The Morgan fingerprint density at radius 2 is 2.18 bits per heavy atom. The van der Waals surface area contributed by atoms with Crippen molar-refractivity contribution < 1.29 is 22.4 Å². The van der Waals surface area contributed by atoms with Crippen LogP contribution in [0, 0.1) is 0 Å². The van der Waals surface area contributed by atoms with Crippen molar-refractivity contribution in [2.24, 2.45) is 0 Å². The molecule has 3 nitrogen and oxygen atoms in total. The molecule has 0 amide bonds. The second-order valence-electron chi connectivity index (χ2n) is 2.95. The minimum absolute atomic E-state index is 0.184. The van der Waals surface area contributed by atoms with Gasteiger partial charge in [-0.15, -0.1) is 0 Å². The standard InChI is InChI=1S/C9H3ClF3NO2S/c10-8-14-7(9(11,12)13)6(17-8)5(15)4-2-1-3-16-4/h1-3H. The zero-order chi connectivity index (χ0) is 12.6. The van der Waals surface area contributed by atoms with Gasteiger partial charge in [-0.2, -0.15) is 13.2 Å². The number of thiazole rings is 1. The molecule has 2 heterocycles. The van der Waals surface area contributed by atoms with Gasteiger partial charge in [-0.25, -0.2) is 4.98 Å². The van der Waals surface area contributed by atoms with E-state index < -0.39 is 22.5 Å². The van der Waals surface area contributed by atoms with E-state index in [-0.39, 0.29) is 10.2 Å². The predicted octanol–water partition coefficient (Wildman–Crippen LogP) is 3.64. The highest BCUT2D eigenvalue weighted by Crippen LogP contribution is 2.36. The van der Waals surface area contributed by atoms with Crippen molar-refractivity contribution in [2.75, 3.05) is 0 Å². The van der Waals surface area contributed by atoms with Crippen LogP contribution in [0.3, 0.4) is 0 Å². The Balaban J connectivity index is 2.49. The first-order valence-electron chi connectivity index (χ1n) is 4.21. The molecular weight excluding hydrogens is 279 g/mol. The van der Waals surface area contributed by atoms with E-state index in [0.717, 1.165) is 0 Å². The number of hydrogen-bond donors (Lipinski definition) is 0. The molecule has 0 saturated heterocycles. The number of carbonyl (C=O) groups is 1. The Bertz CT molecular complexity index is 547. The highest BCUT2D eigenvalue weighted by molar-refractivity contribution is 7.17. The molecule has 0 radical (unpaired) electrons. The summed E-state index contributed by atoms with van der Waals surface area (Å²) in [6.07, 6.45) is -3.52. The first kappa shape index (κ1) is 12.1. The van der Waals surface area contributed by atoms with E-state index >= 15 is 0 Å². The zero-order valence-electron chi connectivity index (χ0n) is 7.92. The molecule has 90 valence electrons. The van der Waals surface area contributed by atoms with Gasteiger partial charge in [0.1, 0.15) is 4.88 Å². The minimum Gasteiger partial charge on any atom is -0.461 e. The third-order valence-corrected chi connectivity index (χ3v) is 2.98. The fraction of sp³-hybridized carbons (Fsp3) is 0.111. The molecule has 0 aliphatic rings. The normalized spacial score (nSPS) is 11.8. The Hall–Kier alpha value is -1.34. The molecule has 0 N–H and O–H groups in total. The molecule has 0 aromatic carbocycles. The number of furan rings is 1. The van der Waals surface area contributed by atoms with Gasteiger partial charge in [0, 0.05) is 0 Å². The summed E-state index contributed by atoms with van der Waals surface area (Å²) < 4.78 is 42.1. The fourth-order valence-corrected chi connectivity index (χ4v) is 2.23. The van der Waals surface area contributed by atoms with Gasteiger partial charge >= 0.3 is 6.18 Å². The lowest BCUT2D eigenvalue weighted by atomic mass is 10.2. The molecule has 2 aromatic rings. The maximum absolute atomic E-state index is 12.6. The number of carbonyl (C=O) groups excluding carboxylic acids is 1. The summed E-state index contributed by atoms with van der Waals surface area (Å²) >= 11 is 5.87. The van der Waals surface area contributed by atoms with Crippen molar-refractivity contribution in [3.05, 3.63) is 39.2 Å². The van der Waals surface area contributed by atoms with Crippen molar-refractivity contribution in [3.8, 4) is 0 Å². The number of rotatable bonds is 2. The Morgan fingerprint density at radius 3 is 2.71 bits per heavy atom. The van der Waals surface area contributed by atoms with Crippen LogP contribution in [0.4, 0.5) is 13.2 Å². The van der Waals surface area contributed by atoms with Gasteiger partial charge in [0.2, 0.25) is 5.78 Å². The van der Waals surface area contributed by atoms with E-state index in [4.69, 9.17) is 16.0 Å². The van der Waals surface area contributed by atoms with Crippen LogP contribution in [-0.2, 0) is 6.18 Å². The first-order chi connectivity index (χ1) is 7.89. The molecule has 0 unspecified atom stereocenters. The molecule has 0 atom stereocenters. The van der Waals surface area contributed by atoms with Crippen LogP contribution in [0.2, 0.25) is 4.47 Å². The quantitative estimate of drug-likeness (QED) is 0.789. The summed E-state index contributed by atoms with van der Waals surface area (Å²) in [4.78, 5) is 14.2. The number of hydrogen-bond acceptors (Lipinski definition) is 4. The van der Waals surface area contributed by atoms with E-state index in [2.05, 4.69) is 4.98 Å². The largest absolute Gasteiger partial charge is 0.461 e. The second kappa shape index (κ2) is 4.15. The Labute approximate surface area is 102 Å². The third kappa shape index (κ3) is 2.34. The average molecular weight is 282 g/mol. The lowest BCUT2D eigenvalue weighted by Crippen LogP contribution is -2.12. The van der Waals surface area contributed by atoms with E-state index in [1.165, 1.54) is 18.4 Å². The number of alkyl halides is 3. The summed E-state index contributed by atoms with van der Waals surface area (Å²) in [6, 6.07) is 2.68. The Kier molecular flexibility index (Phi) is 2.96. The molecule has 8 heteroatoms. The molecule has 0 aliphatic carbocycles.